The second-order valence-electron chi connectivity index (χ2n) is 6.20. The zero-order valence-electron chi connectivity index (χ0n) is 14.3. The van der Waals surface area contributed by atoms with Crippen molar-refractivity contribution in [1.82, 2.24) is 5.32 Å². The van der Waals surface area contributed by atoms with Crippen LogP contribution < -0.4 is 15.4 Å². The van der Waals surface area contributed by atoms with Gasteiger partial charge in [0.05, 0.1) is 23.0 Å². The summed E-state index contributed by atoms with van der Waals surface area (Å²) in [6.07, 6.45) is 0.530. The van der Waals surface area contributed by atoms with Crippen molar-refractivity contribution in [3.63, 3.8) is 0 Å². The van der Waals surface area contributed by atoms with Crippen LogP contribution in [0.25, 0.3) is 0 Å². The summed E-state index contributed by atoms with van der Waals surface area (Å²) in [5, 5.41) is 8.07. The zero-order valence-corrected chi connectivity index (χ0v) is 15.1. The lowest BCUT2D eigenvalue weighted by Crippen LogP contribution is -2.39. The van der Waals surface area contributed by atoms with E-state index in [9.17, 15) is 22.4 Å². The third kappa shape index (κ3) is 4.38. The Balaban J connectivity index is 1.59. The molecule has 0 aliphatic carbocycles. The number of halogens is 1. The summed E-state index contributed by atoms with van der Waals surface area (Å²) in [5.41, 5.74) is 1.07. The van der Waals surface area contributed by atoms with Crippen LogP contribution in [0.5, 0.6) is 0 Å². The quantitative estimate of drug-likeness (QED) is 0.712. The summed E-state index contributed by atoms with van der Waals surface area (Å²) in [4.78, 5) is 25.6. The van der Waals surface area contributed by atoms with Crippen LogP contribution in [-0.4, -0.2) is 32.8 Å². The number of primary sulfonamides is 1. The van der Waals surface area contributed by atoms with E-state index >= 15 is 0 Å². The van der Waals surface area contributed by atoms with Gasteiger partial charge in [0.2, 0.25) is 15.9 Å². The van der Waals surface area contributed by atoms with E-state index in [0.29, 0.717) is 13.0 Å². The maximum absolute atomic E-state index is 13.4. The fourth-order valence-corrected chi connectivity index (χ4v) is 3.43. The van der Waals surface area contributed by atoms with E-state index in [2.05, 4.69) is 5.32 Å². The predicted molar refractivity (Wildman–Crippen MR) is 96.8 cm³/mol. The zero-order chi connectivity index (χ0) is 19.6. The largest absolute Gasteiger partial charge is 0.305 e. The van der Waals surface area contributed by atoms with Crippen molar-refractivity contribution in [2.75, 3.05) is 11.4 Å². The molecule has 2 aromatic carbocycles. The molecular weight excluding hydrogens is 373 g/mol. The molecule has 27 heavy (non-hydrogen) atoms. The van der Waals surface area contributed by atoms with E-state index in [-0.39, 0.29) is 22.9 Å². The van der Waals surface area contributed by atoms with Crippen LogP contribution in [-0.2, 0) is 26.0 Å². The average Bonchev–Trinajstić information content (AvgIpc) is 2.88. The van der Waals surface area contributed by atoms with Crippen LogP contribution in [0.15, 0.2) is 53.4 Å². The smallest absolute Gasteiger partial charge is 0.251 e. The number of rotatable bonds is 6. The van der Waals surface area contributed by atoms with Crippen molar-refractivity contribution >= 4 is 27.5 Å². The highest BCUT2D eigenvalue weighted by atomic mass is 32.2. The molecule has 0 spiro atoms. The minimum atomic E-state index is -3.73. The molecule has 0 radical (unpaired) electrons. The molecule has 2 aromatic rings. The van der Waals surface area contributed by atoms with Gasteiger partial charge in [0, 0.05) is 0 Å². The molecule has 3 N–H and O–H groups in total. The highest BCUT2D eigenvalue weighted by Crippen LogP contribution is 2.23. The molecule has 7 nitrogen and oxygen atoms in total. The standard InChI is InChI=1S/C18H18FN3O4S/c19-13-2-1-3-14(10-13)22-17(23)11-16(18(22)24)21-9-8-12-4-6-15(7-5-12)27(20,25)26/h1-7,10,16,21H,8-9,11H2,(H2,20,25,26). The van der Waals surface area contributed by atoms with E-state index in [1.54, 1.807) is 12.1 Å². The number of amides is 2. The maximum atomic E-state index is 13.4. The normalized spacial score (nSPS) is 17.6. The highest BCUT2D eigenvalue weighted by Gasteiger charge is 2.39. The molecule has 2 amide bonds. The van der Waals surface area contributed by atoms with Gasteiger partial charge < -0.3 is 5.32 Å². The topological polar surface area (TPSA) is 110 Å². The van der Waals surface area contributed by atoms with Crippen molar-refractivity contribution in [3.8, 4) is 0 Å². The Bertz CT molecular complexity index is 976. The van der Waals surface area contributed by atoms with Gasteiger partial charge in [-0.2, -0.15) is 0 Å². The number of benzene rings is 2. The first-order chi connectivity index (χ1) is 12.8. The Morgan fingerprint density at radius 2 is 1.85 bits per heavy atom. The van der Waals surface area contributed by atoms with Crippen LogP contribution in [0.3, 0.4) is 0 Å². The number of hydrogen-bond acceptors (Lipinski definition) is 5. The number of nitrogens with two attached hydrogens (primary N) is 1. The Labute approximate surface area is 156 Å². The van der Waals surface area contributed by atoms with E-state index in [1.165, 1.54) is 30.3 Å². The van der Waals surface area contributed by atoms with Crippen LogP contribution in [0.2, 0.25) is 0 Å². The lowest BCUT2D eigenvalue weighted by molar-refractivity contribution is -0.121. The third-order valence-electron chi connectivity index (χ3n) is 4.27. The molecule has 142 valence electrons. The second-order valence-corrected chi connectivity index (χ2v) is 7.76. The molecule has 1 heterocycles. The van der Waals surface area contributed by atoms with Crippen molar-refractivity contribution in [2.45, 2.75) is 23.8 Å². The lowest BCUT2D eigenvalue weighted by atomic mass is 10.1. The molecule has 1 fully saturated rings. The first-order valence-corrected chi connectivity index (χ1v) is 9.78. The second kappa shape index (κ2) is 7.55. The first-order valence-electron chi connectivity index (χ1n) is 8.23. The molecule has 3 rings (SSSR count). The van der Waals surface area contributed by atoms with E-state index < -0.39 is 27.8 Å². The fraction of sp³-hybridized carbons (Fsp3) is 0.222. The number of nitrogens with zero attached hydrogens (tertiary/aromatic N) is 1. The van der Waals surface area contributed by atoms with Crippen LogP contribution in [0.1, 0.15) is 12.0 Å². The monoisotopic (exact) mass is 391 g/mol. The molecular formula is C18H18FN3O4S. The summed E-state index contributed by atoms with van der Waals surface area (Å²) >= 11 is 0. The highest BCUT2D eigenvalue weighted by molar-refractivity contribution is 7.89. The summed E-state index contributed by atoms with van der Waals surface area (Å²) in [5.74, 6) is -1.33. The van der Waals surface area contributed by atoms with Gasteiger partial charge in [-0.3, -0.25) is 9.59 Å². The minimum Gasteiger partial charge on any atom is -0.305 e. The molecule has 0 aromatic heterocycles. The molecule has 1 saturated heterocycles. The van der Waals surface area contributed by atoms with Gasteiger partial charge in [-0.15, -0.1) is 0 Å². The van der Waals surface area contributed by atoms with Crippen LogP contribution >= 0.6 is 0 Å². The number of imide groups is 1. The number of hydrogen-bond donors (Lipinski definition) is 2. The molecule has 9 heteroatoms. The van der Waals surface area contributed by atoms with E-state index in [4.69, 9.17) is 5.14 Å². The van der Waals surface area contributed by atoms with E-state index in [0.717, 1.165) is 16.5 Å². The Morgan fingerprint density at radius 1 is 1.15 bits per heavy atom. The average molecular weight is 391 g/mol. The van der Waals surface area contributed by atoms with Crippen molar-refractivity contribution in [3.05, 3.63) is 59.9 Å². The number of nitrogens with one attached hydrogen (secondary N) is 1. The third-order valence-corrected chi connectivity index (χ3v) is 5.20. The lowest BCUT2D eigenvalue weighted by Gasteiger charge is -2.15. The summed E-state index contributed by atoms with van der Waals surface area (Å²) in [7, 11) is -3.73. The molecule has 0 bridgehead atoms. The molecule has 1 aliphatic rings. The summed E-state index contributed by atoms with van der Waals surface area (Å²) in [6, 6.07) is 10.8. The van der Waals surface area contributed by atoms with Crippen molar-refractivity contribution in [1.29, 1.82) is 0 Å². The van der Waals surface area contributed by atoms with Gasteiger partial charge in [0.1, 0.15) is 5.82 Å². The molecule has 1 atom stereocenters. The van der Waals surface area contributed by atoms with Crippen molar-refractivity contribution in [2.24, 2.45) is 5.14 Å². The minimum absolute atomic E-state index is 0.000296. The molecule has 1 unspecified atom stereocenters. The van der Waals surface area contributed by atoms with Crippen LogP contribution in [0.4, 0.5) is 10.1 Å². The number of carbonyl (C=O) groups excluding carboxylic acids is 2. The SMILES string of the molecule is NS(=O)(=O)c1ccc(CCNC2CC(=O)N(c3cccc(F)c3)C2=O)cc1. The molecule has 1 aliphatic heterocycles. The summed E-state index contributed by atoms with van der Waals surface area (Å²) in [6.45, 7) is 0.412. The van der Waals surface area contributed by atoms with Gasteiger partial charge >= 0.3 is 0 Å². The maximum Gasteiger partial charge on any atom is 0.251 e. The van der Waals surface area contributed by atoms with E-state index in [1.807, 2.05) is 0 Å². The first kappa shape index (κ1) is 19.2. The van der Waals surface area contributed by atoms with Gasteiger partial charge in [0.25, 0.3) is 5.91 Å². The summed E-state index contributed by atoms with van der Waals surface area (Å²) < 4.78 is 35.8. The van der Waals surface area contributed by atoms with Gasteiger partial charge in [-0.1, -0.05) is 18.2 Å². The fourth-order valence-electron chi connectivity index (χ4n) is 2.91. The van der Waals surface area contributed by atoms with Gasteiger partial charge in [0.15, 0.2) is 0 Å². The Kier molecular flexibility index (Phi) is 5.36. The van der Waals surface area contributed by atoms with Crippen LogP contribution in [0, 0.1) is 5.82 Å². The van der Waals surface area contributed by atoms with Crippen molar-refractivity contribution < 1.29 is 22.4 Å². The Hall–Kier alpha value is -2.62. The molecule has 0 saturated carbocycles. The Morgan fingerprint density at radius 3 is 2.48 bits per heavy atom. The van der Waals surface area contributed by atoms with Gasteiger partial charge in [-0.25, -0.2) is 22.8 Å². The number of anilines is 1. The number of carbonyl (C=O) groups is 2. The number of sulfonamides is 1. The van der Waals surface area contributed by atoms with Gasteiger partial charge in [-0.05, 0) is 48.9 Å². The predicted octanol–water partition coefficient (Wildman–Crippen LogP) is 0.937.